The summed E-state index contributed by atoms with van der Waals surface area (Å²) in [6.45, 7) is 2.03. The molecule has 20 heavy (non-hydrogen) atoms. The number of nitrogens with one attached hydrogen (secondary N) is 1. The number of hydrogen-bond donors (Lipinski definition) is 2. The van der Waals surface area contributed by atoms with Crippen molar-refractivity contribution in [1.29, 1.82) is 0 Å². The fourth-order valence-electron chi connectivity index (χ4n) is 1.81. The zero-order chi connectivity index (χ0) is 14.1. The molecule has 2 N–H and O–H groups in total. The van der Waals surface area contributed by atoms with E-state index in [1.54, 1.807) is 6.07 Å². The molecule has 0 saturated heterocycles. The highest BCUT2D eigenvalue weighted by atomic mass is 32.2. The second-order valence-electron chi connectivity index (χ2n) is 4.35. The summed E-state index contributed by atoms with van der Waals surface area (Å²) in [4.78, 5) is 22.5. The third-order valence-corrected chi connectivity index (χ3v) is 3.64. The lowest BCUT2D eigenvalue weighted by atomic mass is 10.2. The van der Waals surface area contributed by atoms with Crippen molar-refractivity contribution in [2.24, 2.45) is 0 Å². The largest absolute Gasteiger partial charge is 0.478 e. The maximum Gasteiger partial charge on any atom is 0.337 e. The number of carboxylic acids is 1. The number of rotatable bonds is 3. The molecule has 0 unspecified atom stereocenters. The van der Waals surface area contributed by atoms with Gasteiger partial charge in [-0.2, -0.15) is 0 Å². The molecule has 0 radical (unpaired) electrons. The van der Waals surface area contributed by atoms with Gasteiger partial charge in [0.25, 0.3) is 0 Å². The average molecular weight is 285 g/mol. The molecule has 3 rings (SSSR count). The van der Waals surface area contributed by atoms with E-state index in [0.29, 0.717) is 5.03 Å². The summed E-state index contributed by atoms with van der Waals surface area (Å²) in [6, 6.07) is 9.22. The van der Waals surface area contributed by atoms with Gasteiger partial charge in [0.2, 0.25) is 0 Å². The smallest absolute Gasteiger partial charge is 0.337 e. The van der Waals surface area contributed by atoms with Crippen LogP contribution in [0.2, 0.25) is 0 Å². The summed E-state index contributed by atoms with van der Waals surface area (Å²) in [7, 11) is 0. The molecule has 0 spiro atoms. The van der Waals surface area contributed by atoms with Gasteiger partial charge in [0.1, 0.15) is 5.03 Å². The van der Waals surface area contributed by atoms with E-state index >= 15 is 0 Å². The normalized spacial score (nSPS) is 10.8. The number of aromatic carboxylic acids is 1. The molecule has 0 bridgehead atoms. The van der Waals surface area contributed by atoms with Gasteiger partial charge >= 0.3 is 5.97 Å². The van der Waals surface area contributed by atoms with Gasteiger partial charge in [0.15, 0.2) is 5.16 Å². The lowest BCUT2D eigenvalue weighted by Crippen LogP contribution is -1.96. The second kappa shape index (κ2) is 4.97. The van der Waals surface area contributed by atoms with E-state index in [0.717, 1.165) is 16.2 Å². The Bertz CT molecular complexity index is 781. The van der Waals surface area contributed by atoms with E-state index in [1.807, 2.05) is 25.1 Å². The van der Waals surface area contributed by atoms with Crippen molar-refractivity contribution in [3.8, 4) is 0 Å². The van der Waals surface area contributed by atoms with Crippen LogP contribution in [-0.2, 0) is 0 Å². The molecule has 100 valence electrons. The van der Waals surface area contributed by atoms with Crippen molar-refractivity contribution in [3.63, 3.8) is 0 Å². The van der Waals surface area contributed by atoms with Crippen molar-refractivity contribution >= 4 is 28.8 Å². The Morgan fingerprint density at radius 3 is 2.85 bits per heavy atom. The topological polar surface area (TPSA) is 78.9 Å². The molecule has 0 amide bonds. The van der Waals surface area contributed by atoms with Crippen LogP contribution < -0.4 is 0 Å². The molecular formula is C14H11N3O2S. The van der Waals surface area contributed by atoms with Crippen molar-refractivity contribution in [2.45, 2.75) is 17.1 Å². The number of benzene rings is 1. The van der Waals surface area contributed by atoms with Crippen molar-refractivity contribution in [2.75, 3.05) is 0 Å². The predicted octanol–water partition coefficient (Wildman–Crippen LogP) is 3.12. The Morgan fingerprint density at radius 1 is 1.30 bits per heavy atom. The Labute approximate surface area is 119 Å². The molecule has 2 heterocycles. The third-order valence-electron chi connectivity index (χ3n) is 2.80. The van der Waals surface area contributed by atoms with Crippen LogP contribution in [0.1, 0.15) is 15.9 Å². The number of pyridine rings is 1. The van der Waals surface area contributed by atoms with E-state index in [-0.39, 0.29) is 5.56 Å². The standard InChI is InChI=1S/C14H11N3O2S/c1-8-2-4-10-11(6-8)17-14(16-10)20-12-5-3-9(7-15-12)13(18)19/h2-7H,1H3,(H,16,17)(H,18,19). The summed E-state index contributed by atoms with van der Waals surface area (Å²) in [5.74, 6) is -0.978. The first-order valence-corrected chi connectivity index (χ1v) is 6.77. The number of aromatic amines is 1. The summed E-state index contributed by atoms with van der Waals surface area (Å²) in [5, 5.41) is 10.3. The SMILES string of the molecule is Cc1ccc2nc(Sc3ccc(C(=O)O)cn3)[nH]c2c1. The van der Waals surface area contributed by atoms with Gasteiger partial charge < -0.3 is 10.1 Å². The van der Waals surface area contributed by atoms with Crippen molar-refractivity contribution in [3.05, 3.63) is 47.7 Å². The molecular weight excluding hydrogens is 274 g/mol. The van der Waals surface area contributed by atoms with E-state index in [1.165, 1.54) is 29.6 Å². The summed E-state index contributed by atoms with van der Waals surface area (Å²) in [5.41, 5.74) is 3.23. The van der Waals surface area contributed by atoms with Crippen LogP contribution in [0.15, 0.2) is 46.7 Å². The van der Waals surface area contributed by atoms with Crippen LogP contribution >= 0.6 is 11.8 Å². The van der Waals surface area contributed by atoms with Crippen LogP contribution in [0.25, 0.3) is 11.0 Å². The molecule has 1 aromatic carbocycles. The number of aryl methyl sites for hydroxylation is 1. The minimum atomic E-state index is -0.978. The van der Waals surface area contributed by atoms with E-state index in [2.05, 4.69) is 15.0 Å². The Hall–Kier alpha value is -2.34. The van der Waals surface area contributed by atoms with Crippen LogP contribution in [-0.4, -0.2) is 26.0 Å². The molecule has 2 aromatic heterocycles. The van der Waals surface area contributed by atoms with Crippen molar-refractivity contribution in [1.82, 2.24) is 15.0 Å². The first kappa shape index (κ1) is 12.7. The number of aromatic nitrogens is 3. The van der Waals surface area contributed by atoms with Gasteiger partial charge in [-0.3, -0.25) is 0 Å². The highest BCUT2D eigenvalue weighted by molar-refractivity contribution is 7.99. The molecule has 6 heteroatoms. The monoisotopic (exact) mass is 285 g/mol. The first-order chi connectivity index (χ1) is 9.61. The number of nitrogens with zero attached hydrogens (tertiary/aromatic N) is 2. The van der Waals surface area contributed by atoms with Crippen LogP contribution in [0.4, 0.5) is 0 Å². The van der Waals surface area contributed by atoms with Gasteiger partial charge in [-0.15, -0.1) is 0 Å². The number of H-pyrrole nitrogens is 1. The highest BCUT2D eigenvalue weighted by Crippen LogP contribution is 2.26. The van der Waals surface area contributed by atoms with Gasteiger partial charge in [-0.1, -0.05) is 6.07 Å². The quantitative estimate of drug-likeness (QED) is 0.773. The fourth-order valence-corrected chi connectivity index (χ4v) is 2.56. The molecule has 0 aliphatic carbocycles. The summed E-state index contributed by atoms with van der Waals surface area (Å²) < 4.78 is 0. The molecule has 0 aliphatic rings. The summed E-state index contributed by atoms with van der Waals surface area (Å²) in [6.07, 6.45) is 1.34. The maximum absolute atomic E-state index is 10.8. The highest BCUT2D eigenvalue weighted by Gasteiger charge is 2.07. The minimum absolute atomic E-state index is 0.176. The van der Waals surface area contributed by atoms with E-state index in [4.69, 9.17) is 5.11 Å². The summed E-state index contributed by atoms with van der Waals surface area (Å²) >= 11 is 1.37. The van der Waals surface area contributed by atoms with Gasteiger partial charge in [-0.05, 0) is 48.5 Å². The Balaban J connectivity index is 1.87. The number of imidazole rings is 1. The lowest BCUT2D eigenvalue weighted by Gasteiger charge is -1.97. The van der Waals surface area contributed by atoms with Crippen LogP contribution in [0, 0.1) is 6.92 Å². The van der Waals surface area contributed by atoms with Gasteiger partial charge in [0, 0.05) is 6.20 Å². The average Bonchev–Trinajstić information content (AvgIpc) is 2.80. The number of carbonyl (C=O) groups is 1. The number of hydrogen-bond acceptors (Lipinski definition) is 4. The van der Waals surface area contributed by atoms with E-state index in [9.17, 15) is 4.79 Å². The Morgan fingerprint density at radius 2 is 2.15 bits per heavy atom. The molecule has 0 aliphatic heterocycles. The van der Waals surface area contributed by atoms with E-state index < -0.39 is 5.97 Å². The lowest BCUT2D eigenvalue weighted by molar-refractivity contribution is 0.0696. The van der Waals surface area contributed by atoms with Gasteiger partial charge in [0.05, 0.1) is 16.6 Å². The van der Waals surface area contributed by atoms with Gasteiger partial charge in [-0.25, -0.2) is 14.8 Å². The predicted molar refractivity (Wildman–Crippen MR) is 76.2 cm³/mol. The minimum Gasteiger partial charge on any atom is -0.478 e. The number of carboxylic acid groups (broad SMARTS) is 1. The zero-order valence-electron chi connectivity index (χ0n) is 10.6. The van der Waals surface area contributed by atoms with Crippen molar-refractivity contribution < 1.29 is 9.90 Å². The fraction of sp³-hybridized carbons (Fsp3) is 0.0714. The number of fused-ring (bicyclic) bond motifs is 1. The third kappa shape index (κ3) is 2.50. The van der Waals surface area contributed by atoms with Crippen LogP contribution in [0.5, 0.6) is 0 Å². The molecule has 0 fully saturated rings. The first-order valence-electron chi connectivity index (χ1n) is 5.95. The zero-order valence-corrected chi connectivity index (χ0v) is 11.4. The molecule has 5 nitrogen and oxygen atoms in total. The molecule has 0 atom stereocenters. The second-order valence-corrected chi connectivity index (χ2v) is 5.36. The molecule has 3 aromatic rings. The van der Waals surface area contributed by atoms with Crippen LogP contribution in [0.3, 0.4) is 0 Å². The Kier molecular flexibility index (Phi) is 3.15. The molecule has 0 saturated carbocycles. The maximum atomic E-state index is 10.8.